The van der Waals surface area contributed by atoms with Crippen LogP contribution < -0.4 is 5.32 Å². The van der Waals surface area contributed by atoms with Crippen LogP contribution in [0.2, 0.25) is 0 Å². The maximum Gasteiger partial charge on any atom is 0.373 e. The first-order valence-corrected chi connectivity index (χ1v) is 5.54. The number of alkyl halides is 2. The van der Waals surface area contributed by atoms with E-state index in [1.807, 2.05) is 6.92 Å². The predicted octanol–water partition coefficient (Wildman–Crippen LogP) is 1.74. The van der Waals surface area contributed by atoms with Crippen LogP contribution in [-0.4, -0.2) is 31.5 Å². The van der Waals surface area contributed by atoms with Gasteiger partial charge in [0.05, 0.1) is 5.41 Å². The van der Waals surface area contributed by atoms with E-state index in [2.05, 4.69) is 10.1 Å². The Morgan fingerprint density at radius 1 is 1.35 bits per heavy atom. The van der Waals surface area contributed by atoms with Gasteiger partial charge in [0.15, 0.2) is 0 Å². The smallest absolute Gasteiger partial charge is 0.373 e. The highest BCUT2D eigenvalue weighted by Crippen LogP contribution is 2.16. The number of ether oxygens (including phenoxy) is 1. The second-order valence-corrected chi connectivity index (χ2v) is 4.40. The van der Waals surface area contributed by atoms with Crippen molar-refractivity contribution in [3.63, 3.8) is 0 Å². The topological polar surface area (TPSA) is 55.4 Å². The summed E-state index contributed by atoms with van der Waals surface area (Å²) in [6.07, 6.45) is -1.37. The van der Waals surface area contributed by atoms with Gasteiger partial charge in [0.2, 0.25) is 5.91 Å². The quantitative estimate of drug-likeness (QED) is 0.554. The number of hydrogen-bond acceptors (Lipinski definition) is 3. The van der Waals surface area contributed by atoms with Crippen LogP contribution in [0.3, 0.4) is 0 Å². The molecule has 0 bridgehead atoms. The Labute approximate surface area is 99.7 Å². The van der Waals surface area contributed by atoms with Gasteiger partial charge in [0.1, 0.15) is 6.61 Å². The van der Waals surface area contributed by atoms with Crippen molar-refractivity contribution < 1.29 is 23.1 Å². The molecular formula is C11H19F2NO3. The number of carbonyl (C=O) groups excluding carboxylic acids is 2. The van der Waals surface area contributed by atoms with Crippen LogP contribution in [0.4, 0.5) is 8.78 Å². The molecule has 0 aromatic heterocycles. The van der Waals surface area contributed by atoms with Crippen LogP contribution in [0.25, 0.3) is 0 Å². The van der Waals surface area contributed by atoms with E-state index in [0.29, 0.717) is 6.54 Å². The van der Waals surface area contributed by atoms with E-state index < -0.39 is 17.8 Å². The number of carbonyl (C=O) groups is 2. The van der Waals surface area contributed by atoms with Gasteiger partial charge in [0, 0.05) is 6.54 Å². The molecule has 4 nitrogen and oxygen atoms in total. The van der Waals surface area contributed by atoms with Gasteiger partial charge in [0.25, 0.3) is 0 Å². The Morgan fingerprint density at radius 2 is 1.94 bits per heavy atom. The standard InChI is InChI=1S/C11H19F2NO3/c1-4-5-6-14-10(16)11(2,3)7-17-9(15)8(12)13/h8H,4-7H2,1-3H3,(H,14,16). The van der Waals surface area contributed by atoms with Gasteiger partial charge >= 0.3 is 12.4 Å². The highest BCUT2D eigenvalue weighted by molar-refractivity contribution is 5.82. The summed E-state index contributed by atoms with van der Waals surface area (Å²) < 4.78 is 28.1. The molecule has 0 aromatic carbocycles. The monoisotopic (exact) mass is 251 g/mol. The summed E-state index contributed by atoms with van der Waals surface area (Å²) in [5.41, 5.74) is -1.00. The molecule has 0 atom stereocenters. The SMILES string of the molecule is CCCCNC(=O)C(C)(C)COC(=O)C(F)F. The summed E-state index contributed by atoms with van der Waals surface area (Å²) in [5, 5.41) is 2.66. The van der Waals surface area contributed by atoms with Crippen LogP contribution in [0.15, 0.2) is 0 Å². The Kier molecular flexibility index (Phi) is 6.68. The maximum absolute atomic E-state index is 11.9. The van der Waals surface area contributed by atoms with Gasteiger partial charge in [-0.2, -0.15) is 8.78 Å². The molecule has 100 valence electrons. The molecule has 0 fully saturated rings. The molecule has 0 radical (unpaired) electrons. The van der Waals surface area contributed by atoms with E-state index in [1.54, 1.807) is 0 Å². The molecule has 1 N–H and O–H groups in total. The van der Waals surface area contributed by atoms with Crippen molar-refractivity contribution in [3.05, 3.63) is 0 Å². The summed E-state index contributed by atoms with van der Waals surface area (Å²) in [6, 6.07) is 0. The van der Waals surface area contributed by atoms with Crippen molar-refractivity contribution in [1.29, 1.82) is 0 Å². The Hall–Kier alpha value is -1.20. The number of amides is 1. The third-order valence-corrected chi connectivity index (χ3v) is 2.18. The molecule has 1 amide bonds. The minimum absolute atomic E-state index is 0.312. The average Bonchev–Trinajstić information content (AvgIpc) is 2.25. The lowest BCUT2D eigenvalue weighted by atomic mass is 9.93. The fraction of sp³-hybridized carbons (Fsp3) is 0.818. The lowest BCUT2D eigenvalue weighted by Crippen LogP contribution is -2.41. The van der Waals surface area contributed by atoms with E-state index in [0.717, 1.165) is 12.8 Å². The highest BCUT2D eigenvalue weighted by Gasteiger charge is 2.30. The molecular weight excluding hydrogens is 232 g/mol. The number of esters is 1. The van der Waals surface area contributed by atoms with Gasteiger partial charge in [-0.05, 0) is 20.3 Å². The third kappa shape index (κ3) is 6.19. The number of rotatable bonds is 7. The molecule has 0 aliphatic carbocycles. The molecule has 17 heavy (non-hydrogen) atoms. The van der Waals surface area contributed by atoms with Gasteiger partial charge in [-0.15, -0.1) is 0 Å². The first kappa shape index (κ1) is 15.8. The largest absolute Gasteiger partial charge is 0.460 e. The summed E-state index contributed by atoms with van der Waals surface area (Å²) in [5.74, 6) is -1.91. The summed E-state index contributed by atoms with van der Waals surface area (Å²) in [7, 11) is 0. The lowest BCUT2D eigenvalue weighted by Gasteiger charge is -2.23. The van der Waals surface area contributed by atoms with Crippen molar-refractivity contribution in [1.82, 2.24) is 5.32 Å². The zero-order valence-corrected chi connectivity index (χ0v) is 10.4. The second-order valence-electron chi connectivity index (χ2n) is 4.40. The van der Waals surface area contributed by atoms with Crippen molar-refractivity contribution in [2.75, 3.05) is 13.2 Å². The number of hydrogen-bond donors (Lipinski definition) is 1. The first-order valence-electron chi connectivity index (χ1n) is 5.54. The predicted molar refractivity (Wildman–Crippen MR) is 58.7 cm³/mol. The summed E-state index contributed by atoms with van der Waals surface area (Å²) in [6.45, 7) is 5.23. The second kappa shape index (κ2) is 7.19. The molecule has 0 aliphatic heterocycles. The van der Waals surface area contributed by atoms with Crippen LogP contribution in [-0.2, 0) is 14.3 Å². The zero-order chi connectivity index (χ0) is 13.5. The van der Waals surface area contributed by atoms with E-state index in [4.69, 9.17) is 0 Å². The van der Waals surface area contributed by atoms with Crippen molar-refractivity contribution in [3.8, 4) is 0 Å². The Balaban J connectivity index is 4.08. The normalized spacial score (nSPS) is 11.4. The van der Waals surface area contributed by atoms with Crippen LogP contribution in [0, 0.1) is 5.41 Å². The summed E-state index contributed by atoms with van der Waals surface area (Å²) in [4.78, 5) is 22.2. The van der Waals surface area contributed by atoms with Crippen LogP contribution in [0.1, 0.15) is 33.6 Å². The Bertz CT molecular complexity index is 267. The molecule has 0 rings (SSSR count). The van der Waals surface area contributed by atoms with Gasteiger partial charge in [-0.1, -0.05) is 13.3 Å². The van der Waals surface area contributed by atoms with E-state index in [9.17, 15) is 18.4 Å². The number of nitrogens with one attached hydrogen (secondary N) is 1. The van der Waals surface area contributed by atoms with Gasteiger partial charge in [-0.3, -0.25) is 4.79 Å². The molecule has 0 aliphatic rings. The van der Waals surface area contributed by atoms with Crippen molar-refractivity contribution in [2.24, 2.45) is 5.41 Å². The molecule has 0 saturated heterocycles. The molecule has 6 heteroatoms. The fourth-order valence-electron chi connectivity index (χ4n) is 0.998. The molecule has 0 spiro atoms. The number of unbranched alkanes of at least 4 members (excludes halogenated alkanes) is 1. The molecule has 0 heterocycles. The Morgan fingerprint density at radius 3 is 2.41 bits per heavy atom. The van der Waals surface area contributed by atoms with Crippen LogP contribution >= 0.6 is 0 Å². The van der Waals surface area contributed by atoms with E-state index >= 15 is 0 Å². The highest BCUT2D eigenvalue weighted by atomic mass is 19.3. The zero-order valence-electron chi connectivity index (χ0n) is 10.4. The summed E-state index contributed by atoms with van der Waals surface area (Å²) >= 11 is 0. The van der Waals surface area contributed by atoms with Crippen molar-refractivity contribution in [2.45, 2.75) is 40.0 Å². The lowest BCUT2D eigenvalue weighted by molar-refractivity contribution is -0.161. The minimum atomic E-state index is -3.16. The van der Waals surface area contributed by atoms with Crippen molar-refractivity contribution >= 4 is 11.9 Å². The van der Waals surface area contributed by atoms with E-state index in [1.165, 1.54) is 13.8 Å². The number of halogens is 2. The third-order valence-electron chi connectivity index (χ3n) is 2.18. The van der Waals surface area contributed by atoms with Gasteiger partial charge < -0.3 is 10.1 Å². The fourth-order valence-corrected chi connectivity index (χ4v) is 0.998. The minimum Gasteiger partial charge on any atom is -0.460 e. The molecule has 0 unspecified atom stereocenters. The molecule has 0 aromatic rings. The average molecular weight is 251 g/mol. The maximum atomic E-state index is 11.9. The first-order chi connectivity index (χ1) is 7.81. The van der Waals surface area contributed by atoms with Gasteiger partial charge in [-0.25, -0.2) is 4.79 Å². The van der Waals surface area contributed by atoms with E-state index in [-0.39, 0.29) is 12.5 Å². The van der Waals surface area contributed by atoms with Crippen LogP contribution in [0.5, 0.6) is 0 Å². The molecule has 0 saturated carbocycles.